The first-order valence-corrected chi connectivity index (χ1v) is 10.6. The zero-order chi connectivity index (χ0) is 21.4. The molecule has 0 aliphatic carbocycles. The average molecular weight is 463 g/mol. The van der Waals surface area contributed by atoms with Gasteiger partial charge in [-0.3, -0.25) is 4.79 Å². The third kappa shape index (κ3) is 4.14. The van der Waals surface area contributed by atoms with Crippen LogP contribution in [0.5, 0.6) is 0 Å². The highest BCUT2D eigenvalue weighted by Crippen LogP contribution is 2.26. The molecule has 0 saturated carbocycles. The van der Waals surface area contributed by atoms with Crippen LogP contribution < -0.4 is 5.32 Å². The molecule has 0 bridgehead atoms. The Kier molecular flexibility index (Phi) is 5.43. The summed E-state index contributed by atoms with van der Waals surface area (Å²) < 4.78 is 2.70. The van der Waals surface area contributed by atoms with Crippen molar-refractivity contribution < 1.29 is 4.79 Å². The lowest BCUT2D eigenvalue weighted by molar-refractivity contribution is -0.115. The van der Waals surface area contributed by atoms with E-state index in [-0.39, 0.29) is 5.91 Å². The lowest BCUT2D eigenvalue weighted by Gasteiger charge is -2.12. The fourth-order valence-corrected chi connectivity index (χ4v) is 3.94. The van der Waals surface area contributed by atoms with Crippen LogP contribution in [0.4, 0.5) is 5.82 Å². The molecule has 0 aliphatic heterocycles. The van der Waals surface area contributed by atoms with Crippen molar-refractivity contribution in [3.8, 4) is 5.82 Å². The van der Waals surface area contributed by atoms with Crippen LogP contribution in [-0.2, 0) is 11.2 Å². The van der Waals surface area contributed by atoms with E-state index in [1.165, 1.54) is 5.56 Å². The van der Waals surface area contributed by atoms with E-state index in [4.69, 9.17) is 4.98 Å². The quantitative estimate of drug-likeness (QED) is 0.429. The molecule has 2 aromatic heterocycles. The highest BCUT2D eigenvalue weighted by atomic mass is 79.9. The molecule has 30 heavy (non-hydrogen) atoms. The van der Waals surface area contributed by atoms with Crippen LogP contribution in [0.1, 0.15) is 27.9 Å². The number of hydrogen-bond acceptors (Lipinski definition) is 3. The first kappa shape index (κ1) is 20.3. The van der Waals surface area contributed by atoms with Gasteiger partial charge in [-0.1, -0.05) is 39.7 Å². The number of hydrogen-bond donors (Lipinski definition) is 1. The summed E-state index contributed by atoms with van der Waals surface area (Å²) in [5.41, 5.74) is 6.18. The van der Waals surface area contributed by atoms with Gasteiger partial charge in [-0.25, -0.2) is 4.98 Å². The molecule has 0 fully saturated rings. The zero-order valence-electron chi connectivity index (χ0n) is 17.5. The number of halogens is 1. The van der Waals surface area contributed by atoms with E-state index in [1.54, 1.807) is 4.68 Å². The Hall–Kier alpha value is -2.99. The standard InChI is InChI=1S/C24H23BrN4O/c1-14-9-16(3)24-20(10-14)15(2)11-21(27-24)29-22(12-17(4)28-29)26-23(30)13-18-5-7-19(25)8-6-18/h5-12H,13H2,1-4H3,(H,26,30). The van der Waals surface area contributed by atoms with Crippen LogP contribution in [0.3, 0.4) is 0 Å². The summed E-state index contributed by atoms with van der Waals surface area (Å²) in [7, 11) is 0. The molecule has 2 heterocycles. The minimum absolute atomic E-state index is 0.0946. The Morgan fingerprint density at radius 3 is 2.47 bits per heavy atom. The van der Waals surface area contributed by atoms with Crippen LogP contribution in [0.2, 0.25) is 0 Å². The number of aromatic nitrogens is 3. The number of rotatable bonds is 4. The maximum Gasteiger partial charge on any atom is 0.229 e. The topological polar surface area (TPSA) is 59.8 Å². The highest BCUT2D eigenvalue weighted by Gasteiger charge is 2.15. The smallest absolute Gasteiger partial charge is 0.229 e. The summed E-state index contributed by atoms with van der Waals surface area (Å²) in [6.45, 7) is 8.15. The van der Waals surface area contributed by atoms with Gasteiger partial charge in [-0.15, -0.1) is 0 Å². The van der Waals surface area contributed by atoms with Gasteiger partial charge in [0.05, 0.1) is 17.6 Å². The van der Waals surface area contributed by atoms with Crippen molar-refractivity contribution in [2.45, 2.75) is 34.1 Å². The molecule has 0 spiro atoms. The molecule has 0 saturated heterocycles. The lowest BCUT2D eigenvalue weighted by atomic mass is 10.0. The molecule has 5 nitrogen and oxygen atoms in total. The van der Waals surface area contributed by atoms with E-state index in [1.807, 2.05) is 43.3 Å². The van der Waals surface area contributed by atoms with Crippen molar-refractivity contribution in [3.05, 3.63) is 81.0 Å². The van der Waals surface area contributed by atoms with Gasteiger partial charge in [-0.2, -0.15) is 9.78 Å². The normalized spacial score (nSPS) is 11.1. The number of carbonyl (C=O) groups excluding carboxylic acids is 1. The minimum atomic E-state index is -0.0946. The second-order valence-corrected chi connectivity index (χ2v) is 8.63. The average Bonchev–Trinajstić information content (AvgIpc) is 3.04. The minimum Gasteiger partial charge on any atom is -0.310 e. The number of pyridine rings is 1. The van der Waals surface area contributed by atoms with Crippen LogP contribution in [0.25, 0.3) is 16.7 Å². The summed E-state index contributed by atoms with van der Waals surface area (Å²) in [5, 5.41) is 8.71. The largest absolute Gasteiger partial charge is 0.310 e. The van der Waals surface area contributed by atoms with Gasteiger partial charge >= 0.3 is 0 Å². The Bertz CT molecular complexity index is 1260. The summed E-state index contributed by atoms with van der Waals surface area (Å²) in [4.78, 5) is 17.5. The van der Waals surface area contributed by atoms with Gasteiger partial charge in [0.15, 0.2) is 5.82 Å². The van der Waals surface area contributed by atoms with Crippen molar-refractivity contribution in [1.82, 2.24) is 14.8 Å². The Balaban J connectivity index is 1.68. The predicted molar refractivity (Wildman–Crippen MR) is 124 cm³/mol. The van der Waals surface area contributed by atoms with Crippen LogP contribution >= 0.6 is 15.9 Å². The van der Waals surface area contributed by atoms with E-state index >= 15 is 0 Å². The number of nitrogens with one attached hydrogen (secondary N) is 1. The molecular weight excluding hydrogens is 440 g/mol. The molecule has 1 amide bonds. The van der Waals surface area contributed by atoms with E-state index in [0.717, 1.165) is 37.8 Å². The van der Waals surface area contributed by atoms with Crippen LogP contribution in [0.15, 0.2) is 53.0 Å². The number of fused-ring (bicyclic) bond motifs is 1. The molecular formula is C24H23BrN4O. The maximum atomic E-state index is 12.6. The van der Waals surface area contributed by atoms with Crippen LogP contribution in [0, 0.1) is 27.7 Å². The summed E-state index contributed by atoms with van der Waals surface area (Å²) in [6.07, 6.45) is 0.292. The summed E-state index contributed by atoms with van der Waals surface area (Å²) in [6, 6.07) is 15.9. The highest BCUT2D eigenvalue weighted by molar-refractivity contribution is 9.10. The maximum absolute atomic E-state index is 12.6. The number of anilines is 1. The monoisotopic (exact) mass is 462 g/mol. The van der Waals surface area contributed by atoms with Gasteiger partial charge in [0.2, 0.25) is 5.91 Å². The van der Waals surface area contributed by atoms with Gasteiger partial charge in [0, 0.05) is 15.9 Å². The van der Waals surface area contributed by atoms with Crippen molar-refractivity contribution >= 4 is 38.6 Å². The second-order valence-electron chi connectivity index (χ2n) is 7.71. The molecule has 6 heteroatoms. The number of amides is 1. The number of aryl methyl sites for hydroxylation is 4. The Labute approximate surface area is 184 Å². The SMILES string of the molecule is Cc1cc(C)c2nc(-n3nc(C)cc3NC(=O)Cc3ccc(Br)cc3)cc(C)c2c1. The summed E-state index contributed by atoms with van der Waals surface area (Å²) in [5.74, 6) is 1.22. The number of benzene rings is 2. The van der Waals surface area contributed by atoms with E-state index in [2.05, 4.69) is 59.2 Å². The zero-order valence-corrected chi connectivity index (χ0v) is 19.0. The number of nitrogens with zero attached hydrogens (tertiary/aromatic N) is 3. The Morgan fingerprint density at radius 1 is 1.00 bits per heavy atom. The second kappa shape index (κ2) is 8.03. The van der Waals surface area contributed by atoms with Crippen molar-refractivity contribution in [1.29, 1.82) is 0 Å². The molecule has 152 valence electrons. The first-order chi connectivity index (χ1) is 14.3. The van der Waals surface area contributed by atoms with E-state index in [9.17, 15) is 4.79 Å². The van der Waals surface area contributed by atoms with E-state index in [0.29, 0.717) is 18.1 Å². The first-order valence-electron chi connectivity index (χ1n) is 9.80. The predicted octanol–water partition coefficient (Wildman–Crippen LogP) is 5.60. The third-order valence-electron chi connectivity index (χ3n) is 5.04. The van der Waals surface area contributed by atoms with Gasteiger partial charge < -0.3 is 5.32 Å². The molecule has 2 aromatic carbocycles. The van der Waals surface area contributed by atoms with Gasteiger partial charge in [-0.05, 0) is 68.7 Å². The number of carbonyl (C=O) groups is 1. The molecule has 0 aliphatic rings. The fraction of sp³-hybridized carbons (Fsp3) is 0.208. The molecule has 4 rings (SSSR count). The third-order valence-corrected chi connectivity index (χ3v) is 5.56. The van der Waals surface area contributed by atoms with Crippen molar-refractivity contribution in [2.24, 2.45) is 0 Å². The van der Waals surface area contributed by atoms with Gasteiger partial charge in [0.1, 0.15) is 5.82 Å². The van der Waals surface area contributed by atoms with Crippen molar-refractivity contribution in [3.63, 3.8) is 0 Å². The molecule has 4 aromatic rings. The molecule has 0 radical (unpaired) electrons. The van der Waals surface area contributed by atoms with Crippen LogP contribution in [-0.4, -0.2) is 20.7 Å². The molecule has 0 atom stereocenters. The Morgan fingerprint density at radius 2 is 1.73 bits per heavy atom. The van der Waals surface area contributed by atoms with Gasteiger partial charge in [0.25, 0.3) is 0 Å². The fourth-order valence-electron chi connectivity index (χ4n) is 3.67. The summed E-state index contributed by atoms with van der Waals surface area (Å²) >= 11 is 3.42. The lowest BCUT2D eigenvalue weighted by Crippen LogP contribution is -2.17. The molecule has 1 N–H and O–H groups in total. The molecule has 0 unspecified atom stereocenters. The van der Waals surface area contributed by atoms with E-state index < -0.39 is 0 Å². The van der Waals surface area contributed by atoms with Crippen molar-refractivity contribution in [2.75, 3.05) is 5.32 Å².